The molecule has 9 amide bonds. The largest absolute Gasteiger partial charge is 0.493 e. The van der Waals surface area contributed by atoms with Gasteiger partial charge in [-0.1, -0.05) is 104 Å². The van der Waals surface area contributed by atoms with E-state index in [0.717, 1.165) is 28.0 Å². The number of rotatable bonds is 49. The SMILES string of the molecule is COc1cc2c(cc1OCCCCCOc1cc3c(cc1OC)C(=O)N1C=C(C)C[C@H]1[C@H](O)N3C(=O)OCc1ccc(NC(=O)[C@H](C)NC(=O)[C@@H](NC(=O)CCOCCOCCOCCOCCOCCOCCOCCOCCNC(=O)CCN3C(=O)CC(C4=C\C=C/C=C\C=C/C=C\C=C4)C3=O)C(C)C)cc1)N=C[C@@H]1CC(C)=CN1C2=O. The fraction of sp³-hybridized carbons (Fsp3) is 0.494. The second kappa shape index (κ2) is 49.0. The predicted octanol–water partition coefficient (Wildman–Crippen LogP) is 8.47. The maximum absolute atomic E-state index is 14.3. The molecule has 32 heteroatoms. The highest BCUT2D eigenvalue weighted by Gasteiger charge is 2.46. The van der Waals surface area contributed by atoms with Crippen LogP contribution in [0.5, 0.6) is 23.0 Å². The summed E-state index contributed by atoms with van der Waals surface area (Å²) in [5.41, 5.74) is 4.63. The lowest BCUT2D eigenvalue weighted by molar-refractivity contribution is -0.139. The van der Waals surface area contributed by atoms with Crippen LogP contribution < -0.4 is 45.1 Å². The summed E-state index contributed by atoms with van der Waals surface area (Å²) in [7, 11) is 2.96. The number of likely N-dealkylation sites (tertiary alicyclic amines) is 1. The molecular weight excluding hydrogens is 1540 g/mol. The fourth-order valence-electron chi connectivity index (χ4n) is 13.3. The van der Waals surface area contributed by atoms with Crippen molar-refractivity contribution in [1.29, 1.82) is 0 Å². The Hall–Kier alpha value is -10.7. The van der Waals surface area contributed by atoms with E-state index in [4.69, 9.17) is 61.6 Å². The van der Waals surface area contributed by atoms with Crippen LogP contribution in [-0.4, -0.2) is 256 Å². The van der Waals surface area contributed by atoms with Crippen LogP contribution in [0.3, 0.4) is 0 Å². The summed E-state index contributed by atoms with van der Waals surface area (Å²) in [4.78, 5) is 130. The van der Waals surface area contributed by atoms with Crippen LogP contribution in [0, 0.1) is 11.8 Å². The molecule has 0 aromatic heterocycles. The summed E-state index contributed by atoms with van der Waals surface area (Å²) >= 11 is 0. The molecule has 32 nitrogen and oxygen atoms in total. The number of benzene rings is 3. The molecule has 9 rings (SSSR count). The lowest BCUT2D eigenvalue weighted by Crippen LogP contribution is -2.53. The molecule has 5 aliphatic heterocycles. The molecule has 3 aromatic carbocycles. The van der Waals surface area contributed by atoms with E-state index in [2.05, 4.69) is 26.3 Å². The number of ether oxygens (including phenoxy) is 13. The zero-order valence-electron chi connectivity index (χ0n) is 68.9. The van der Waals surface area contributed by atoms with Gasteiger partial charge in [0.15, 0.2) is 29.2 Å². The van der Waals surface area contributed by atoms with Gasteiger partial charge in [-0.2, -0.15) is 0 Å². The minimum Gasteiger partial charge on any atom is -0.493 e. The maximum Gasteiger partial charge on any atom is 0.416 e. The Bertz CT molecular complexity index is 4230. The Morgan fingerprint density at radius 3 is 1.69 bits per heavy atom. The first-order chi connectivity index (χ1) is 57.7. The number of imide groups is 1. The summed E-state index contributed by atoms with van der Waals surface area (Å²) in [6.45, 7) is 14.8. The number of anilines is 2. The van der Waals surface area contributed by atoms with Gasteiger partial charge in [0, 0.05) is 68.8 Å². The van der Waals surface area contributed by atoms with E-state index in [0.29, 0.717) is 146 Å². The highest BCUT2D eigenvalue weighted by Crippen LogP contribution is 2.43. The minimum atomic E-state index is -1.53. The van der Waals surface area contributed by atoms with Crippen LogP contribution in [0.4, 0.5) is 21.9 Å². The molecule has 1 aliphatic carbocycles. The number of carbonyl (C=O) groups is 9. The van der Waals surface area contributed by atoms with E-state index in [1.54, 1.807) is 67.6 Å². The third kappa shape index (κ3) is 28.5. The number of nitrogens with one attached hydrogen (secondary N) is 4. The third-order valence-corrected chi connectivity index (χ3v) is 19.7. The Balaban J connectivity index is 0.564. The zero-order valence-corrected chi connectivity index (χ0v) is 68.9. The zero-order chi connectivity index (χ0) is 84.8. The number of aliphatic imine (C=N–C) groups is 1. The van der Waals surface area contributed by atoms with Crippen molar-refractivity contribution >= 4 is 76.6 Å². The van der Waals surface area contributed by atoms with Crippen molar-refractivity contribution in [3.8, 4) is 23.0 Å². The van der Waals surface area contributed by atoms with Gasteiger partial charge in [0.1, 0.15) is 18.7 Å². The monoisotopic (exact) mass is 1650 g/mol. The van der Waals surface area contributed by atoms with Crippen LogP contribution in [0.2, 0.25) is 0 Å². The van der Waals surface area contributed by atoms with Gasteiger partial charge in [-0.3, -0.25) is 48.2 Å². The van der Waals surface area contributed by atoms with Crippen molar-refractivity contribution < 1.29 is 110 Å². The first-order valence-electron chi connectivity index (χ1n) is 40.4. The van der Waals surface area contributed by atoms with Gasteiger partial charge in [0.2, 0.25) is 35.4 Å². The van der Waals surface area contributed by atoms with E-state index in [1.165, 1.54) is 43.1 Å². The Kier molecular flexibility index (Phi) is 38.0. The van der Waals surface area contributed by atoms with Crippen LogP contribution in [0.25, 0.3) is 0 Å². The number of amides is 9. The van der Waals surface area contributed by atoms with Crippen molar-refractivity contribution in [2.24, 2.45) is 16.8 Å². The van der Waals surface area contributed by atoms with Gasteiger partial charge in [-0.15, -0.1) is 0 Å². The van der Waals surface area contributed by atoms with E-state index in [-0.39, 0.29) is 130 Å². The average Bonchev–Trinajstić information content (AvgIpc) is 1.61. The average molecular weight is 1650 g/mol. The fourth-order valence-corrected chi connectivity index (χ4v) is 13.3. The van der Waals surface area contributed by atoms with Crippen molar-refractivity contribution in [1.82, 2.24) is 30.7 Å². The molecule has 5 heterocycles. The standard InChI is InChI=1S/C87H113N9O23/c1-59(2)80(92-78(98)27-32-109-34-36-111-38-40-113-42-44-115-46-47-116-45-43-114-41-39-112-37-35-110-33-28-88-77(97)26-29-93-79(99)52-67(83(93)102)64-20-16-13-11-9-8-10-12-14-17-21-64)82(101)90-62(5)81(100)91-65-24-22-63(23-25-65)58-119-87(106)96-71-54-76(74(108-7)51-69(71)85(104)95-57-61(4)49-72(95)86(96)105)118-31-19-15-18-30-117-75-53-70-68(50-73(75)107-6)84(103)94-56-60(3)48-66(94)55-89-70/h8-14,16-17,20-25,50-51,53-57,59,62,66-67,72,80,86,105H,15,18-19,26-49,52,58H2,1-7H3,(H,88,97)(H,90,101)(H,91,100)(H,92,98)/b9-8-,10-8?,11-9?,12-10-,13-11-,14-12?,16-13?,17-14-,20-16?,21-17?,64-20?,64-21?/t62-,66-,67?,72-,80-,86-/m0/s1. The molecule has 5 N–H and O–H groups in total. The summed E-state index contributed by atoms with van der Waals surface area (Å²) < 4.78 is 73.9. The summed E-state index contributed by atoms with van der Waals surface area (Å²) in [5, 5.41) is 22.9. The Morgan fingerprint density at radius 1 is 0.555 bits per heavy atom. The van der Waals surface area contributed by atoms with Crippen LogP contribution in [-0.2, 0) is 78.0 Å². The molecule has 119 heavy (non-hydrogen) atoms. The number of carbonyl (C=O) groups excluding carboxylic acids is 9. The third-order valence-electron chi connectivity index (χ3n) is 19.7. The predicted molar refractivity (Wildman–Crippen MR) is 441 cm³/mol. The number of aliphatic hydroxyl groups excluding tert-OH is 1. The van der Waals surface area contributed by atoms with Crippen molar-refractivity contribution in [3.63, 3.8) is 0 Å². The van der Waals surface area contributed by atoms with E-state index in [1.807, 2.05) is 86.9 Å². The Labute approximate surface area is 694 Å². The molecule has 1 fully saturated rings. The first-order valence-corrected chi connectivity index (χ1v) is 40.4. The number of methoxy groups -OCH3 is 2. The number of allylic oxidation sites excluding steroid dienone is 11. The van der Waals surface area contributed by atoms with Gasteiger partial charge in [-0.05, 0) is 94.2 Å². The molecule has 0 radical (unpaired) electrons. The summed E-state index contributed by atoms with van der Waals surface area (Å²) in [5.74, 6) is -2.57. The van der Waals surface area contributed by atoms with Crippen LogP contribution in [0.15, 0.2) is 149 Å². The normalized spacial score (nSPS) is 19.0. The molecule has 1 saturated heterocycles. The summed E-state index contributed by atoms with van der Waals surface area (Å²) in [6.07, 6.45) is 26.3. The van der Waals surface area contributed by atoms with E-state index < -0.39 is 60.0 Å². The number of aliphatic hydroxyl groups is 1. The number of hydrogen-bond donors (Lipinski definition) is 5. The molecular formula is C87H113N9O23. The van der Waals surface area contributed by atoms with Gasteiger partial charge in [-0.25, -0.2) is 9.69 Å². The van der Waals surface area contributed by atoms with Crippen LogP contribution in [0.1, 0.15) is 112 Å². The highest BCUT2D eigenvalue weighted by atomic mass is 16.6. The second-order valence-corrected chi connectivity index (χ2v) is 29.0. The summed E-state index contributed by atoms with van der Waals surface area (Å²) in [6, 6.07) is 9.92. The number of fused-ring (bicyclic) bond motifs is 4. The molecule has 1 unspecified atom stereocenters. The lowest BCUT2D eigenvalue weighted by atomic mass is 9.96. The molecule has 644 valence electrons. The van der Waals surface area contributed by atoms with Crippen molar-refractivity contribution in [3.05, 3.63) is 161 Å². The van der Waals surface area contributed by atoms with Crippen LogP contribution >= 0.6 is 0 Å². The van der Waals surface area contributed by atoms with Gasteiger partial charge in [0.05, 0.1) is 174 Å². The van der Waals surface area contributed by atoms with E-state index in [9.17, 15) is 48.3 Å². The number of hydrogen-bond acceptors (Lipinski definition) is 24. The molecule has 0 bridgehead atoms. The molecule has 0 spiro atoms. The topological polar surface area (TPSA) is 367 Å². The second-order valence-electron chi connectivity index (χ2n) is 29.0. The lowest BCUT2D eigenvalue weighted by Gasteiger charge is -2.31. The smallest absolute Gasteiger partial charge is 0.416 e. The Morgan fingerprint density at radius 2 is 1.09 bits per heavy atom. The molecule has 6 aliphatic rings. The first kappa shape index (κ1) is 92.2. The number of unbranched alkanes of at least 4 members (excludes halogenated alkanes) is 2. The van der Waals surface area contributed by atoms with Gasteiger partial charge >= 0.3 is 6.09 Å². The van der Waals surface area contributed by atoms with E-state index >= 15 is 0 Å². The molecule has 6 atom stereocenters. The minimum absolute atomic E-state index is 0.00422. The quantitative estimate of drug-likeness (QED) is 0.0261. The molecule has 0 saturated carbocycles. The number of nitrogens with zero attached hydrogens (tertiary/aromatic N) is 5. The van der Waals surface area contributed by atoms with Gasteiger partial charge in [0.25, 0.3) is 11.8 Å². The maximum atomic E-state index is 14.3. The highest BCUT2D eigenvalue weighted by molar-refractivity contribution is 6.08. The molecule has 3 aromatic rings. The van der Waals surface area contributed by atoms with Crippen molar-refractivity contribution in [2.45, 2.75) is 123 Å². The van der Waals surface area contributed by atoms with Crippen molar-refractivity contribution in [2.75, 3.05) is 156 Å². The van der Waals surface area contributed by atoms with Gasteiger partial charge < -0.3 is 97.8 Å².